The van der Waals surface area contributed by atoms with Crippen LogP contribution in [0.5, 0.6) is 0 Å². The zero-order chi connectivity index (χ0) is 14.7. The second-order valence-corrected chi connectivity index (χ2v) is 5.02. The van der Waals surface area contributed by atoms with E-state index in [1.807, 2.05) is 0 Å². The standard InChI is InChI=1S/C13H17F2N3O2/c14-10-7-11(15)13(18(19)20)12(8-10)17-5-2-9(1-4-16)3-6-17/h7-9H,1-6,16H2. The predicted octanol–water partition coefficient (Wildman–Crippen LogP) is 2.44. The number of halogens is 2. The van der Waals surface area contributed by atoms with Crippen molar-refractivity contribution in [2.24, 2.45) is 11.7 Å². The van der Waals surface area contributed by atoms with Crippen LogP contribution in [0.3, 0.4) is 0 Å². The summed E-state index contributed by atoms with van der Waals surface area (Å²) in [6.07, 6.45) is 2.56. The maximum absolute atomic E-state index is 13.6. The van der Waals surface area contributed by atoms with E-state index in [1.54, 1.807) is 4.90 Å². The van der Waals surface area contributed by atoms with Crippen LogP contribution < -0.4 is 10.6 Å². The monoisotopic (exact) mass is 285 g/mol. The first-order valence-electron chi connectivity index (χ1n) is 6.61. The summed E-state index contributed by atoms with van der Waals surface area (Å²) in [5, 5.41) is 11.0. The van der Waals surface area contributed by atoms with E-state index >= 15 is 0 Å². The first-order valence-corrected chi connectivity index (χ1v) is 6.61. The minimum atomic E-state index is -1.13. The lowest BCUT2D eigenvalue weighted by atomic mass is 9.93. The number of piperidine rings is 1. The van der Waals surface area contributed by atoms with Crippen molar-refractivity contribution >= 4 is 11.4 Å². The molecular formula is C13H17F2N3O2. The van der Waals surface area contributed by atoms with Crippen molar-refractivity contribution in [2.45, 2.75) is 19.3 Å². The fourth-order valence-corrected chi connectivity index (χ4v) is 2.67. The molecule has 2 N–H and O–H groups in total. The van der Waals surface area contributed by atoms with Gasteiger partial charge in [-0.1, -0.05) is 0 Å². The number of nitrogens with zero attached hydrogens (tertiary/aromatic N) is 2. The molecule has 1 heterocycles. The van der Waals surface area contributed by atoms with E-state index in [-0.39, 0.29) is 5.69 Å². The highest BCUT2D eigenvalue weighted by atomic mass is 19.1. The second kappa shape index (κ2) is 6.13. The molecule has 0 unspecified atom stereocenters. The number of rotatable bonds is 4. The molecule has 0 spiro atoms. The Morgan fingerprint density at radius 3 is 2.55 bits per heavy atom. The minimum Gasteiger partial charge on any atom is -0.366 e. The van der Waals surface area contributed by atoms with Gasteiger partial charge < -0.3 is 10.6 Å². The van der Waals surface area contributed by atoms with Crippen LogP contribution in [0, 0.1) is 27.7 Å². The van der Waals surface area contributed by atoms with Gasteiger partial charge in [-0.2, -0.15) is 4.39 Å². The van der Waals surface area contributed by atoms with Crippen LogP contribution in [-0.2, 0) is 0 Å². The van der Waals surface area contributed by atoms with Crippen molar-refractivity contribution in [2.75, 3.05) is 24.5 Å². The van der Waals surface area contributed by atoms with Crippen molar-refractivity contribution in [3.8, 4) is 0 Å². The Kier molecular flexibility index (Phi) is 4.49. The molecule has 0 aliphatic carbocycles. The third-order valence-corrected chi connectivity index (χ3v) is 3.72. The topological polar surface area (TPSA) is 72.4 Å². The molecular weight excluding hydrogens is 268 g/mol. The second-order valence-electron chi connectivity index (χ2n) is 5.02. The number of nitro benzene ring substituents is 1. The summed E-state index contributed by atoms with van der Waals surface area (Å²) in [7, 11) is 0. The Labute approximate surface area is 115 Å². The van der Waals surface area contributed by atoms with Crippen molar-refractivity contribution in [3.05, 3.63) is 33.9 Å². The minimum absolute atomic E-state index is 0.0266. The molecule has 0 amide bonds. The van der Waals surface area contributed by atoms with Crippen LogP contribution >= 0.6 is 0 Å². The van der Waals surface area contributed by atoms with Gasteiger partial charge in [0.2, 0.25) is 5.82 Å². The molecule has 1 fully saturated rings. The number of anilines is 1. The summed E-state index contributed by atoms with van der Waals surface area (Å²) in [4.78, 5) is 11.8. The van der Waals surface area contributed by atoms with Crippen molar-refractivity contribution in [1.29, 1.82) is 0 Å². The average molecular weight is 285 g/mol. The lowest BCUT2D eigenvalue weighted by molar-refractivity contribution is -0.386. The van der Waals surface area contributed by atoms with E-state index in [0.717, 1.165) is 25.3 Å². The van der Waals surface area contributed by atoms with E-state index < -0.39 is 22.2 Å². The molecule has 0 atom stereocenters. The van der Waals surface area contributed by atoms with Gasteiger partial charge in [-0.3, -0.25) is 10.1 Å². The smallest absolute Gasteiger partial charge is 0.328 e. The Balaban J connectivity index is 2.23. The van der Waals surface area contributed by atoms with Gasteiger partial charge >= 0.3 is 5.69 Å². The van der Waals surface area contributed by atoms with Crippen LogP contribution in [0.4, 0.5) is 20.2 Å². The Hall–Kier alpha value is -1.76. The van der Waals surface area contributed by atoms with Gasteiger partial charge in [0, 0.05) is 25.2 Å². The van der Waals surface area contributed by atoms with Gasteiger partial charge in [0.15, 0.2) is 0 Å². The zero-order valence-electron chi connectivity index (χ0n) is 11.0. The molecule has 0 aromatic heterocycles. The van der Waals surface area contributed by atoms with Gasteiger partial charge in [-0.25, -0.2) is 4.39 Å². The van der Waals surface area contributed by atoms with Gasteiger partial charge in [-0.15, -0.1) is 0 Å². The van der Waals surface area contributed by atoms with E-state index in [4.69, 9.17) is 5.73 Å². The lowest BCUT2D eigenvalue weighted by Crippen LogP contribution is -2.34. The molecule has 1 saturated heterocycles. The largest absolute Gasteiger partial charge is 0.366 e. The molecule has 20 heavy (non-hydrogen) atoms. The number of hydrogen-bond acceptors (Lipinski definition) is 4. The summed E-state index contributed by atoms with van der Waals surface area (Å²) in [6, 6.07) is 1.58. The highest BCUT2D eigenvalue weighted by Gasteiger charge is 2.28. The third kappa shape index (κ3) is 3.04. The number of hydrogen-bond donors (Lipinski definition) is 1. The summed E-state index contributed by atoms with van der Waals surface area (Å²) >= 11 is 0. The Morgan fingerprint density at radius 2 is 2.00 bits per heavy atom. The molecule has 5 nitrogen and oxygen atoms in total. The summed E-state index contributed by atoms with van der Waals surface area (Å²) in [5.41, 5.74) is 4.88. The molecule has 1 aliphatic heterocycles. The highest BCUT2D eigenvalue weighted by molar-refractivity contribution is 5.64. The molecule has 0 saturated carbocycles. The van der Waals surface area contributed by atoms with Crippen LogP contribution in [-0.4, -0.2) is 24.6 Å². The van der Waals surface area contributed by atoms with Gasteiger partial charge in [0.05, 0.1) is 4.92 Å². The third-order valence-electron chi connectivity index (χ3n) is 3.72. The van der Waals surface area contributed by atoms with E-state index in [9.17, 15) is 18.9 Å². The SMILES string of the molecule is NCCC1CCN(c2cc(F)cc(F)c2[N+](=O)[O-])CC1. The van der Waals surface area contributed by atoms with E-state index in [0.29, 0.717) is 31.6 Å². The summed E-state index contributed by atoms with van der Waals surface area (Å²) in [6.45, 7) is 1.71. The van der Waals surface area contributed by atoms with E-state index in [2.05, 4.69) is 0 Å². The molecule has 1 aliphatic rings. The average Bonchev–Trinajstić information content (AvgIpc) is 2.38. The van der Waals surface area contributed by atoms with Crippen molar-refractivity contribution in [3.63, 3.8) is 0 Å². The maximum atomic E-state index is 13.6. The molecule has 1 aromatic rings. The van der Waals surface area contributed by atoms with Crippen molar-refractivity contribution < 1.29 is 13.7 Å². The quantitative estimate of drug-likeness (QED) is 0.681. The first kappa shape index (κ1) is 14.6. The molecule has 2 rings (SSSR count). The van der Waals surface area contributed by atoms with Crippen molar-refractivity contribution in [1.82, 2.24) is 0 Å². The predicted molar refractivity (Wildman–Crippen MR) is 71.6 cm³/mol. The fourth-order valence-electron chi connectivity index (χ4n) is 2.67. The van der Waals surface area contributed by atoms with Crippen LogP contribution in [0.15, 0.2) is 12.1 Å². The van der Waals surface area contributed by atoms with Crippen LogP contribution in [0.2, 0.25) is 0 Å². The lowest BCUT2D eigenvalue weighted by Gasteiger charge is -2.33. The normalized spacial score (nSPS) is 16.4. The van der Waals surface area contributed by atoms with Gasteiger partial charge in [0.25, 0.3) is 0 Å². The molecule has 0 radical (unpaired) electrons. The Morgan fingerprint density at radius 1 is 1.35 bits per heavy atom. The zero-order valence-corrected chi connectivity index (χ0v) is 11.0. The maximum Gasteiger partial charge on any atom is 0.328 e. The van der Waals surface area contributed by atoms with Gasteiger partial charge in [0.1, 0.15) is 11.5 Å². The molecule has 1 aromatic carbocycles. The van der Waals surface area contributed by atoms with Crippen LogP contribution in [0.1, 0.15) is 19.3 Å². The van der Waals surface area contributed by atoms with E-state index in [1.165, 1.54) is 0 Å². The van der Waals surface area contributed by atoms with Crippen LogP contribution in [0.25, 0.3) is 0 Å². The van der Waals surface area contributed by atoms with Gasteiger partial charge in [-0.05, 0) is 31.7 Å². The molecule has 7 heteroatoms. The summed E-state index contributed by atoms with van der Waals surface area (Å²) in [5.74, 6) is -1.45. The molecule has 110 valence electrons. The number of nitro groups is 1. The fraction of sp³-hybridized carbons (Fsp3) is 0.538. The molecule has 0 bridgehead atoms. The first-order chi connectivity index (χ1) is 9.52. The number of benzene rings is 1. The number of nitrogens with two attached hydrogens (primary N) is 1. The Bertz CT molecular complexity index is 503. The summed E-state index contributed by atoms with van der Waals surface area (Å²) < 4.78 is 26.9. The highest BCUT2D eigenvalue weighted by Crippen LogP contribution is 2.34.